The first-order valence-electron chi connectivity index (χ1n) is 6.23. The van der Waals surface area contributed by atoms with E-state index in [0.29, 0.717) is 12.1 Å². The monoisotopic (exact) mass is 239 g/mol. The van der Waals surface area contributed by atoms with E-state index in [9.17, 15) is 4.39 Å². The van der Waals surface area contributed by atoms with Crippen molar-refractivity contribution in [1.29, 1.82) is 0 Å². The van der Waals surface area contributed by atoms with Gasteiger partial charge in [-0.3, -0.25) is 0 Å². The number of rotatable bonds is 7. The minimum Gasteiger partial charge on any atom is -0.396 e. The molecular formula is C14H22FNO. The highest BCUT2D eigenvalue weighted by Gasteiger charge is 2.08. The van der Waals surface area contributed by atoms with Crippen LogP contribution in [-0.2, 0) is 6.42 Å². The maximum absolute atomic E-state index is 13.0. The van der Waals surface area contributed by atoms with E-state index in [4.69, 9.17) is 5.11 Å². The van der Waals surface area contributed by atoms with Gasteiger partial charge in [0.1, 0.15) is 5.82 Å². The number of aliphatic hydroxyl groups is 1. The summed E-state index contributed by atoms with van der Waals surface area (Å²) in [5.74, 6) is -0.178. The first kappa shape index (κ1) is 14.1. The molecule has 0 bridgehead atoms. The minimum absolute atomic E-state index is 0.178. The third kappa shape index (κ3) is 5.80. The number of hydrogen-bond donors (Lipinski definition) is 2. The van der Waals surface area contributed by atoms with Gasteiger partial charge in [-0.2, -0.15) is 0 Å². The standard InChI is InChI=1S/C14H22FNO/c1-11(5-4-8-17)16-12(2)9-13-6-3-7-14(15)10-13/h3,6-7,10-12,16-17H,4-5,8-9H2,1-2H3. The van der Waals surface area contributed by atoms with Gasteiger partial charge in [-0.25, -0.2) is 4.39 Å². The molecule has 1 aromatic rings. The first-order chi connectivity index (χ1) is 8.11. The number of hydrogen-bond acceptors (Lipinski definition) is 2. The van der Waals surface area contributed by atoms with Crippen molar-refractivity contribution < 1.29 is 9.50 Å². The number of aliphatic hydroxyl groups excluding tert-OH is 1. The summed E-state index contributed by atoms with van der Waals surface area (Å²) in [4.78, 5) is 0. The molecule has 0 aliphatic carbocycles. The predicted molar refractivity (Wildman–Crippen MR) is 68.5 cm³/mol. The van der Waals surface area contributed by atoms with Crippen molar-refractivity contribution in [1.82, 2.24) is 5.32 Å². The Hall–Kier alpha value is -0.930. The molecule has 0 aromatic heterocycles. The SMILES string of the molecule is CC(CCCO)NC(C)Cc1cccc(F)c1. The van der Waals surface area contributed by atoms with Gasteiger partial charge < -0.3 is 10.4 Å². The van der Waals surface area contributed by atoms with Gasteiger partial charge in [-0.1, -0.05) is 12.1 Å². The zero-order valence-corrected chi connectivity index (χ0v) is 10.6. The van der Waals surface area contributed by atoms with E-state index >= 15 is 0 Å². The summed E-state index contributed by atoms with van der Waals surface area (Å²) in [5, 5.41) is 12.2. The molecule has 0 aliphatic rings. The van der Waals surface area contributed by atoms with E-state index in [-0.39, 0.29) is 12.4 Å². The molecular weight excluding hydrogens is 217 g/mol. The smallest absolute Gasteiger partial charge is 0.123 e. The first-order valence-corrected chi connectivity index (χ1v) is 6.23. The van der Waals surface area contributed by atoms with Crippen LogP contribution in [0.4, 0.5) is 4.39 Å². The minimum atomic E-state index is -0.178. The molecule has 0 spiro atoms. The van der Waals surface area contributed by atoms with E-state index in [2.05, 4.69) is 19.2 Å². The van der Waals surface area contributed by atoms with Crippen molar-refractivity contribution in [2.45, 2.75) is 45.2 Å². The van der Waals surface area contributed by atoms with E-state index in [1.165, 1.54) is 6.07 Å². The molecule has 0 saturated heterocycles. The van der Waals surface area contributed by atoms with Gasteiger partial charge in [-0.15, -0.1) is 0 Å². The van der Waals surface area contributed by atoms with Gasteiger partial charge in [0.2, 0.25) is 0 Å². The van der Waals surface area contributed by atoms with Crippen molar-refractivity contribution in [2.24, 2.45) is 0 Å². The second kappa shape index (κ2) is 7.41. The van der Waals surface area contributed by atoms with E-state index in [0.717, 1.165) is 24.8 Å². The molecule has 2 atom stereocenters. The van der Waals surface area contributed by atoms with Gasteiger partial charge in [-0.05, 0) is 50.8 Å². The molecule has 1 rings (SSSR count). The molecule has 1 aromatic carbocycles. The Kier molecular flexibility index (Phi) is 6.16. The largest absolute Gasteiger partial charge is 0.396 e. The Morgan fingerprint density at radius 1 is 1.29 bits per heavy atom. The third-order valence-electron chi connectivity index (χ3n) is 2.80. The molecule has 0 aliphatic heterocycles. The van der Waals surface area contributed by atoms with Crippen LogP contribution in [0.25, 0.3) is 0 Å². The highest BCUT2D eigenvalue weighted by Crippen LogP contribution is 2.07. The van der Waals surface area contributed by atoms with Gasteiger partial charge in [0.15, 0.2) is 0 Å². The lowest BCUT2D eigenvalue weighted by atomic mass is 10.1. The maximum atomic E-state index is 13.0. The van der Waals surface area contributed by atoms with Gasteiger partial charge in [0, 0.05) is 18.7 Å². The second-order valence-corrected chi connectivity index (χ2v) is 4.67. The molecule has 2 N–H and O–H groups in total. The highest BCUT2D eigenvalue weighted by atomic mass is 19.1. The molecule has 0 saturated carbocycles. The Bertz CT molecular complexity index is 330. The van der Waals surface area contributed by atoms with E-state index < -0.39 is 0 Å². The summed E-state index contributed by atoms with van der Waals surface area (Å²) >= 11 is 0. The Labute approximate surface area is 103 Å². The van der Waals surface area contributed by atoms with Crippen molar-refractivity contribution in [3.05, 3.63) is 35.6 Å². The molecule has 2 unspecified atom stereocenters. The number of halogens is 1. The highest BCUT2D eigenvalue weighted by molar-refractivity contribution is 5.17. The Morgan fingerprint density at radius 2 is 2.06 bits per heavy atom. The van der Waals surface area contributed by atoms with Gasteiger partial charge >= 0.3 is 0 Å². The summed E-state index contributed by atoms with van der Waals surface area (Å²) < 4.78 is 13.0. The van der Waals surface area contributed by atoms with Crippen molar-refractivity contribution >= 4 is 0 Å². The predicted octanol–water partition coefficient (Wildman–Crippen LogP) is 2.51. The van der Waals surface area contributed by atoms with Crippen LogP contribution in [0, 0.1) is 5.82 Å². The van der Waals surface area contributed by atoms with E-state index in [1.807, 2.05) is 6.07 Å². The summed E-state index contributed by atoms with van der Waals surface area (Å²) in [6, 6.07) is 7.42. The maximum Gasteiger partial charge on any atom is 0.123 e. The van der Waals surface area contributed by atoms with Crippen LogP contribution in [-0.4, -0.2) is 23.8 Å². The van der Waals surface area contributed by atoms with Crippen LogP contribution >= 0.6 is 0 Å². The van der Waals surface area contributed by atoms with Gasteiger partial charge in [0.25, 0.3) is 0 Å². The van der Waals surface area contributed by atoms with Crippen molar-refractivity contribution in [3.8, 4) is 0 Å². The molecule has 0 fully saturated rings. The molecule has 96 valence electrons. The average molecular weight is 239 g/mol. The van der Waals surface area contributed by atoms with Crippen LogP contribution in [0.15, 0.2) is 24.3 Å². The summed E-state index contributed by atoms with van der Waals surface area (Å²) in [7, 11) is 0. The summed E-state index contributed by atoms with van der Waals surface area (Å²) in [6.45, 7) is 4.45. The van der Waals surface area contributed by atoms with Crippen LogP contribution in [0.5, 0.6) is 0 Å². The molecule has 3 heteroatoms. The molecule has 0 heterocycles. The fourth-order valence-corrected chi connectivity index (χ4v) is 2.04. The molecule has 0 radical (unpaired) electrons. The van der Waals surface area contributed by atoms with Crippen LogP contribution in [0.3, 0.4) is 0 Å². The number of benzene rings is 1. The third-order valence-corrected chi connectivity index (χ3v) is 2.80. The summed E-state index contributed by atoms with van der Waals surface area (Å²) in [5.41, 5.74) is 1.01. The van der Waals surface area contributed by atoms with Crippen molar-refractivity contribution in [2.75, 3.05) is 6.61 Å². The van der Waals surface area contributed by atoms with Crippen LogP contribution in [0.2, 0.25) is 0 Å². The lowest BCUT2D eigenvalue weighted by molar-refractivity contribution is 0.274. The van der Waals surface area contributed by atoms with Crippen LogP contribution < -0.4 is 5.32 Å². The van der Waals surface area contributed by atoms with Crippen molar-refractivity contribution in [3.63, 3.8) is 0 Å². The fraction of sp³-hybridized carbons (Fsp3) is 0.571. The van der Waals surface area contributed by atoms with Crippen LogP contribution in [0.1, 0.15) is 32.3 Å². The quantitative estimate of drug-likeness (QED) is 0.766. The Morgan fingerprint density at radius 3 is 2.71 bits per heavy atom. The fourth-order valence-electron chi connectivity index (χ4n) is 2.04. The zero-order valence-electron chi connectivity index (χ0n) is 10.6. The summed E-state index contributed by atoms with van der Waals surface area (Å²) in [6.07, 6.45) is 2.60. The zero-order chi connectivity index (χ0) is 12.7. The second-order valence-electron chi connectivity index (χ2n) is 4.67. The van der Waals surface area contributed by atoms with Gasteiger partial charge in [0.05, 0.1) is 0 Å². The molecule has 17 heavy (non-hydrogen) atoms. The lowest BCUT2D eigenvalue weighted by Gasteiger charge is -2.19. The topological polar surface area (TPSA) is 32.3 Å². The Balaban J connectivity index is 2.36. The molecule has 2 nitrogen and oxygen atoms in total. The average Bonchev–Trinajstić information content (AvgIpc) is 2.26. The number of nitrogens with one attached hydrogen (secondary N) is 1. The normalized spacial score (nSPS) is 14.6. The lowest BCUT2D eigenvalue weighted by Crippen LogP contribution is -2.36. The molecule has 0 amide bonds. The van der Waals surface area contributed by atoms with E-state index in [1.54, 1.807) is 12.1 Å².